The van der Waals surface area contributed by atoms with Crippen LogP contribution in [0.4, 0.5) is 0 Å². The number of amides is 1. The van der Waals surface area contributed by atoms with Crippen LogP contribution in [0.1, 0.15) is 59.8 Å². The van der Waals surface area contributed by atoms with Crippen molar-refractivity contribution in [1.29, 1.82) is 0 Å². The van der Waals surface area contributed by atoms with Crippen molar-refractivity contribution >= 4 is 34.8 Å². The zero-order valence-corrected chi connectivity index (χ0v) is 14.2. The van der Waals surface area contributed by atoms with Crippen LogP contribution in [0, 0.1) is 16.7 Å². The summed E-state index contributed by atoms with van der Waals surface area (Å²) >= 11 is 12.0. The predicted molar refractivity (Wildman–Crippen MR) is 84.2 cm³/mol. The van der Waals surface area contributed by atoms with E-state index in [1.54, 1.807) is 6.92 Å². The summed E-state index contributed by atoms with van der Waals surface area (Å²) in [5.74, 6) is 0.560. The van der Waals surface area contributed by atoms with Gasteiger partial charge in [-0.05, 0) is 50.4 Å². The second kappa shape index (κ2) is 5.17. The summed E-state index contributed by atoms with van der Waals surface area (Å²) in [5, 5.41) is 4.27. The van der Waals surface area contributed by atoms with Crippen molar-refractivity contribution in [3.63, 3.8) is 0 Å². The molecule has 0 aliphatic heterocycles. The summed E-state index contributed by atoms with van der Waals surface area (Å²) < 4.78 is -0.929. The Morgan fingerprint density at radius 2 is 1.80 bits per heavy atom. The van der Waals surface area contributed by atoms with Crippen molar-refractivity contribution in [2.75, 3.05) is 0 Å². The van der Waals surface area contributed by atoms with Gasteiger partial charge in [0.05, 0.1) is 5.41 Å². The molecule has 2 aliphatic rings. The number of halogens is 2. The van der Waals surface area contributed by atoms with Gasteiger partial charge in [0.1, 0.15) is 4.33 Å². The van der Waals surface area contributed by atoms with Gasteiger partial charge in [0, 0.05) is 5.71 Å². The molecule has 0 spiro atoms. The van der Waals surface area contributed by atoms with Crippen molar-refractivity contribution < 1.29 is 4.79 Å². The molecule has 2 saturated carbocycles. The third kappa shape index (κ3) is 3.14. The van der Waals surface area contributed by atoms with Crippen LogP contribution in [-0.2, 0) is 4.79 Å². The number of nitrogens with zero attached hydrogens (tertiary/aromatic N) is 1. The smallest absolute Gasteiger partial charge is 0.249 e. The molecule has 20 heavy (non-hydrogen) atoms. The van der Waals surface area contributed by atoms with Crippen LogP contribution < -0.4 is 5.43 Å². The number of alkyl halides is 2. The van der Waals surface area contributed by atoms with E-state index >= 15 is 0 Å². The molecule has 2 rings (SSSR count). The van der Waals surface area contributed by atoms with Crippen molar-refractivity contribution in [1.82, 2.24) is 5.43 Å². The molecule has 2 aliphatic carbocycles. The molecule has 2 fully saturated rings. The molecule has 0 aromatic heterocycles. The molecule has 1 N–H and O–H groups in total. The van der Waals surface area contributed by atoms with E-state index in [4.69, 9.17) is 23.2 Å². The Bertz CT molecular complexity index is 430. The van der Waals surface area contributed by atoms with Gasteiger partial charge in [-0.25, -0.2) is 5.43 Å². The summed E-state index contributed by atoms with van der Waals surface area (Å²) in [6, 6.07) is 0. The van der Waals surface area contributed by atoms with E-state index in [1.165, 1.54) is 0 Å². The highest BCUT2D eigenvalue weighted by atomic mass is 35.5. The average molecular weight is 319 g/mol. The fourth-order valence-corrected chi connectivity index (χ4v) is 3.53. The predicted octanol–water partition coefficient (Wildman–Crippen LogP) is 4.28. The quantitative estimate of drug-likeness (QED) is 0.599. The van der Waals surface area contributed by atoms with Crippen molar-refractivity contribution in [2.24, 2.45) is 21.8 Å². The molecule has 0 aromatic rings. The Labute approximate surface area is 131 Å². The maximum absolute atomic E-state index is 12.0. The minimum atomic E-state index is -0.929. The first-order chi connectivity index (χ1) is 9.06. The lowest BCUT2D eigenvalue weighted by Crippen LogP contribution is -2.32. The minimum absolute atomic E-state index is 0.173. The van der Waals surface area contributed by atoms with Gasteiger partial charge >= 0.3 is 0 Å². The summed E-state index contributed by atoms with van der Waals surface area (Å²) in [6.45, 7) is 8.64. The molecule has 0 saturated heterocycles. The van der Waals surface area contributed by atoms with Crippen LogP contribution in [0.25, 0.3) is 0 Å². The standard InChI is InChI=1S/C15H24Cl2N2O/c1-13(2,3)10-5-7-11(8-6-10)18-19-12(20)14(4)9-15(14,16)17/h10H,5-9H2,1-4H3,(H,19,20). The monoisotopic (exact) mass is 318 g/mol. The Hall–Kier alpha value is -0.280. The van der Waals surface area contributed by atoms with Crippen LogP contribution in [0.2, 0.25) is 0 Å². The number of hydrazone groups is 1. The Morgan fingerprint density at radius 1 is 1.30 bits per heavy atom. The summed E-state index contributed by atoms with van der Waals surface area (Å²) in [6.07, 6.45) is 4.71. The fourth-order valence-electron chi connectivity index (χ4n) is 2.83. The third-order valence-electron chi connectivity index (χ3n) is 4.86. The van der Waals surface area contributed by atoms with Gasteiger partial charge in [0.25, 0.3) is 0 Å². The van der Waals surface area contributed by atoms with Gasteiger partial charge in [-0.2, -0.15) is 5.10 Å². The van der Waals surface area contributed by atoms with E-state index in [1.807, 2.05) is 0 Å². The highest BCUT2D eigenvalue weighted by Gasteiger charge is 2.68. The zero-order valence-electron chi connectivity index (χ0n) is 12.7. The summed E-state index contributed by atoms with van der Waals surface area (Å²) in [7, 11) is 0. The Morgan fingerprint density at radius 3 is 2.20 bits per heavy atom. The number of nitrogens with one attached hydrogen (secondary N) is 1. The Balaban J connectivity index is 1.85. The van der Waals surface area contributed by atoms with Gasteiger partial charge in [-0.1, -0.05) is 20.8 Å². The van der Waals surface area contributed by atoms with E-state index in [2.05, 4.69) is 31.3 Å². The van der Waals surface area contributed by atoms with E-state index in [9.17, 15) is 4.79 Å². The largest absolute Gasteiger partial charge is 0.272 e. The van der Waals surface area contributed by atoms with E-state index < -0.39 is 9.75 Å². The van der Waals surface area contributed by atoms with Gasteiger partial charge in [0.15, 0.2) is 0 Å². The highest BCUT2D eigenvalue weighted by Crippen LogP contribution is 2.63. The molecule has 0 bridgehead atoms. The number of rotatable bonds is 2. The normalized spacial score (nSPS) is 32.7. The van der Waals surface area contributed by atoms with Crippen LogP contribution in [0.5, 0.6) is 0 Å². The second-order valence-electron chi connectivity index (χ2n) is 7.47. The molecule has 114 valence electrons. The number of hydrogen-bond donors (Lipinski definition) is 1. The number of carbonyl (C=O) groups excluding carboxylic acids is 1. The third-order valence-corrected chi connectivity index (χ3v) is 5.96. The molecule has 1 amide bonds. The second-order valence-corrected chi connectivity index (χ2v) is 8.96. The van der Waals surface area contributed by atoms with Gasteiger partial charge < -0.3 is 0 Å². The lowest BCUT2D eigenvalue weighted by molar-refractivity contribution is -0.125. The maximum atomic E-state index is 12.0. The SMILES string of the molecule is CC(C)(C)C1CCC(=NNC(=O)C2(C)CC2(Cl)Cl)CC1. The molecule has 0 radical (unpaired) electrons. The van der Waals surface area contributed by atoms with Crippen molar-refractivity contribution in [2.45, 2.75) is 64.1 Å². The molecule has 0 aromatic carbocycles. The van der Waals surface area contributed by atoms with Crippen LogP contribution in [-0.4, -0.2) is 16.0 Å². The van der Waals surface area contributed by atoms with Gasteiger partial charge in [-0.15, -0.1) is 23.2 Å². The van der Waals surface area contributed by atoms with Crippen molar-refractivity contribution in [3.8, 4) is 0 Å². The molecule has 1 atom stereocenters. The topological polar surface area (TPSA) is 41.5 Å². The molecule has 1 unspecified atom stereocenters. The first-order valence-corrected chi connectivity index (χ1v) is 8.05. The fraction of sp³-hybridized carbons (Fsp3) is 0.867. The Kier molecular flexibility index (Phi) is 4.16. The van der Waals surface area contributed by atoms with Gasteiger partial charge in [0.2, 0.25) is 5.91 Å². The summed E-state index contributed by atoms with van der Waals surface area (Å²) in [4.78, 5) is 12.0. The number of hydrogen-bond acceptors (Lipinski definition) is 2. The number of carbonyl (C=O) groups is 1. The zero-order chi connectivity index (χ0) is 15.2. The lowest BCUT2D eigenvalue weighted by atomic mass is 9.72. The maximum Gasteiger partial charge on any atom is 0.249 e. The molecular formula is C15H24Cl2N2O. The van der Waals surface area contributed by atoms with Crippen molar-refractivity contribution in [3.05, 3.63) is 0 Å². The molecular weight excluding hydrogens is 295 g/mol. The first-order valence-electron chi connectivity index (χ1n) is 7.30. The minimum Gasteiger partial charge on any atom is -0.272 e. The van der Waals surface area contributed by atoms with Gasteiger partial charge in [-0.3, -0.25) is 4.79 Å². The van der Waals surface area contributed by atoms with Crippen LogP contribution in [0.15, 0.2) is 5.10 Å². The first kappa shape index (κ1) is 16.1. The molecule has 0 heterocycles. The van der Waals surface area contributed by atoms with Crippen LogP contribution >= 0.6 is 23.2 Å². The molecule has 3 nitrogen and oxygen atoms in total. The van der Waals surface area contributed by atoms with Crippen LogP contribution in [0.3, 0.4) is 0 Å². The molecule has 5 heteroatoms. The van der Waals surface area contributed by atoms with E-state index in [-0.39, 0.29) is 5.91 Å². The summed E-state index contributed by atoms with van der Waals surface area (Å²) in [5.41, 5.74) is 3.39. The van der Waals surface area contributed by atoms with E-state index in [0.29, 0.717) is 11.8 Å². The van der Waals surface area contributed by atoms with E-state index in [0.717, 1.165) is 37.3 Å². The average Bonchev–Trinajstić information content (AvgIpc) is 2.86. The highest BCUT2D eigenvalue weighted by molar-refractivity contribution is 6.53. The lowest BCUT2D eigenvalue weighted by Gasteiger charge is -2.34.